The van der Waals surface area contributed by atoms with Crippen molar-refractivity contribution < 1.29 is 4.39 Å². The molecule has 0 saturated carbocycles. The molecule has 3 N–H and O–H groups in total. The average Bonchev–Trinajstić information content (AvgIpc) is 2.76. The van der Waals surface area contributed by atoms with Crippen molar-refractivity contribution in [1.29, 1.82) is 0 Å². The van der Waals surface area contributed by atoms with Gasteiger partial charge in [-0.15, -0.1) is 11.3 Å². The van der Waals surface area contributed by atoms with Gasteiger partial charge in [0.2, 0.25) is 0 Å². The molecule has 1 aromatic carbocycles. The van der Waals surface area contributed by atoms with Crippen molar-refractivity contribution in [3.05, 3.63) is 52.0 Å². The van der Waals surface area contributed by atoms with Gasteiger partial charge in [-0.05, 0) is 34.6 Å². The van der Waals surface area contributed by atoms with E-state index in [2.05, 4.69) is 26.1 Å². The Morgan fingerprint density at radius 1 is 1.20 bits per heavy atom. The van der Waals surface area contributed by atoms with E-state index in [1.165, 1.54) is 12.1 Å². The van der Waals surface area contributed by atoms with E-state index in [0.717, 1.165) is 22.7 Å². The lowest BCUT2D eigenvalue weighted by molar-refractivity contribution is 0.271. The molecule has 0 saturated heterocycles. The zero-order valence-corrected chi connectivity index (χ0v) is 12.9. The highest BCUT2D eigenvalue weighted by Gasteiger charge is 2.26. The summed E-state index contributed by atoms with van der Waals surface area (Å²) < 4.78 is 13.1. The molecule has 2 nitrogen and oxygen atoms in total. The van der Waals surface area contributed by atoms with Crippen molar-refractivity contribution in [1.82, 2.24) is 5.32 Å². The number of hydrogen-bond donors (Lipinski definition) is 2. The number of rotatable bonds is 4. The lowest BCUT2D eigenvalue weighted by Crippen LogP contribution is -2.32. The lowest BCUT2D eigenvalue weighted by Gasteiger charge is -2.32. The molecule has 2 rings (SSSR count). The van der Waals surface area contributed by atoms with Crippen LogP contribution in [-0.2, 0) is 6.54 Å². The number of anilines is 1. The fourth-order valence-corrected chi connectivity index (χ4v) is 3.02. The zero-order chi connectivity index (χ0) is 14.8. The predicted molar refractivity (Wildman–Crippen MR) is 84.2 cm³/mol. The number of nitrogens with one attached hydrogen (secondary N) is 1. The normalized spacial score (nSPS) is 13.4. The summed E-state index contributed by atoms with van der Waals surface area (Å²) in [5.74, 6) is -0.205. The van der Waals surface area contributed by atoms with E-state index in [-0.39, 0.29) is 17.3 Å². The first kappa shape index (κ1) is 15.0. The van der Waals surface area contributed by atoms with Gasteiger partial charge in [-0.3, -0.25) is 0 Å². The third-order valence-corrected chi connectivity index (χ3v) is 4.25. The van der Waals surface area contributed by atoms with E-state index < -0.39 is 0 Å². The summed E-state index contributed by atoms with van der Waals surface area (Å²) in [6.45, 7) is 7.24. The van der Waals surface area contributed by atoms with Gasteiger partial charge in [-0.1, -0.05) is 32.9 Å². The van der Waals surface area contributed by atoms with E-state index in [4.69, 9.17) is 5.73 Å². The Bertz CT molecular complexity index is 555. The molecule has 1 atom stereocenters. The first-order chi connectivity index (χ1) is 9.38. The molecule has 20 heavy (non-hydrogen) atoms. The van der Waals surface area contributed by atoms with Crippen LogP contribution in [0, 0.1) is 11.2 Å². The van der Waals surface area contributed by atoms with Crippen LogP contribution in [0.5, 0.6) is 0 Å². The summed E-state index contributed by atoms with van der Waals surface area (Å²) in [7, 11) is 0. The number of hydrogen-bond acceptors (Lipinski definition) is 3. The Hall–Kier alpha value is -1.39. The molecule has 0 amide bonds. The van der Waals surface area contributed by atoms with Gasteiger partial charge in [0.05, 0.1) is 0 Å². The number of halogens is 1. The minimum absolute atomic E-state index is 0.0316. The first-order valence-electron chi connectivity index (χ1n) is 6.68. The smallest absolute Gasteiger partial charge is 0.123 e. The van der Waals surface area contributed by atoms with Crippen molar-refractivity contribution in [2.24, 2.45) is 5.41 Å². The second-order valence-electron chi connectivity index (χ2n) is 6.03. The second kappa shape index (κ2) is 5.94. The molecule has 0 aliphatic heterocycles. The second-order valence-corrected chi connectivity index (χ2v) is 7.03. The summed E-state index contributed by atoms with van der Waals surface area (Å²) in [6, 6.07) is 8.77. The van der Waals surface area contributed by atoms with Crippen LogP contribution in [-0.4, -0.2) is 0 Å². The van der Waals surface area contributed by atoms with Crippen LogP contribution in [0.15, 0.2) is 35.7 Å². The van der Waals surface area contributed by atoms with Crippen LogP contribution in [0.25, 0.3) is 0 Å². The highest BCUT2D eigenvalue weighted by molar-refractivity contribution is 7.10. The Kier molecular flexibility index (Phi) is 4.45. The van der Waals surface area contributed by atoms with Crippen LogP contribution in [0.3, 0.4) is 0 Å². The number of benzene rings is 1. The molecule has 0 bridgehead atoms. The molecule has 1 unspecified atom stereocenters. The van der Waals surface area contributed by atoms with E-state index >= 15 is 0 Å². The van der Waals surface area contributed by atoms with Gasteiger partial charge in [0.15, 0.2) is 0 Å². The Morgan fingerprint density at radius 3 is 2.35 bits per heavy atom. The fourth-order valence-electron chi connectivity index (χ4n) is 2.27. The number of nitrogens with two attached hydrogens (primary N) is 1. The fraction of sp³-hybridized carbons (Fsp3) is 0.375. The molecule has 0 fully saturated rings. The summed E-state index contributed by atoms with van der Waals surface area (Å²) in [5, 5.41) is 5.54. The van der Waals surface area contributed by atoms with E-state index in [0.29, 0.717) is 0 Å². The molecule has 4 heteroatoms. The van der Waals surface area contributed by atoms with Gasteiger partial charge < -0.3 is 11.1 Å². The Balaban J connectivity index is 2.16. The van der Waals surface area contributed by atoms with E-state index in [1.54, 1.807) is 11.3 Å². The molecule has 0 aliphatic rings. The topological polar surface area (TPSA) is 38.0 Å². The predicted octanol–water partition coefficient (Wildman–Crippen LogP) is 4.35. The van der Waals surface area contributed by atoms with Crippen molar-refractivity contribution in [3.63, 3.8) is 0 Å². The molecule has 1 heterocycles. The minimum atomic E-state index is -0.205. The summed E-state index contributed by atoms with van der Waals surface area (Å²) in [4.78, 5) is 1.14. The van der Waals surface area contributed by atoms with Crippen LogP contribution < -0.4 is 11.1 Å². The van der Waals surface area contributed by atoms with Crippen LogP contribution >= 0.6 is 11.3 Å². The molecule has 2 aromatic rings. The number of nitrogen functional groups attached to an aromatic ring is 1. The standard InChI is InChI=1S/C16H21FN2S/c1-16(2,3)15(11-4-6-12(17)7-5-11)19-10-14-13(18)8-9-20-14/h4-9,15,19H,10,18H2,1-3H3. The van der Waals surface area contributed by atoms with Crippen LogP contribution in [0.2, 0.25) is 0 Å². The van der Waals surface area contributed by atoms with Crippen molar-refractivity contribution in [3.8, 4) is 0 Å². The molecular weight excluding hydrogens is 271 g/mol. The third kappa shape index (κ3) is 3.58. The highest BCUT2D eigenvalue weighted by Crippen LogP contribution is 2.33. The Morgan fingerprint density at radius 2 is 1.85 bits per heavy atom. The Labute approximate surface area is 123 Å². The minimum Gasteiger partial charge on any atom is -0.398 e. The molecular formula is C16H21FN2S. The zero-order valence-electron chi connectivity index (χ0n) is 12.1. The van der Waals surface area contributed by atoms with E-state index in [1.807, 2.05) is 23.6 Å². The summed E-state index contributed by atoms with van der Waals surface area (Å²) >= 11 is 1.65. The van der Waals surface area contributed by atoms with Crippen molar-refractivity contribution in [2.75, 3.05) is 5.73 Å². The maximum Gasteiger partial charge on any atom is 0.123 e. The van der Waals surface area contributed by atoms with E-state index in [9.17, 15) is 4.39 Å². The van der Waals surface area contributed by atoms with Crippen molar-refractivity contribution >= 4 is 17.0 Å². The maximum atomic E-state index is 13.1. The average molecular weight is 292 g/mol. The molecule has 0 radical (unpaired) electrons. The molecule has 1 aromatic heterocycles. The van der Waals surface area contributed by atoms with Gasteiger partial charge in [-0.2, -0.15) is 0 Å². The molecule has 108 valence electrons. The summed E-state index contributed by atoms with van der Waals surface area (Å²) in [6.07, 6.45) is 0. The molecule has 0 aliphatic carbocycles. The quantitative estimate of drug-likeness (QED) is 0.879. The third-order valence-electron chi connectivity index (χ3n) is 3.32. The van der Waals surface area contributed by atoms with Crippen molar-refractivity contribution in [2.45, 2.75) is 33.4 Å². The largest absolute Gasteiger partial charge is 0.398 e. The molecule has 0 spiro atoms. The summed E-state index contributed by atoms with van der Waals surface area (Å²) in [5.41, 5.74) is 7.87. The van der Waals surface area contributed by atoms with Gasteiger partial charge in [0.25, 0.3) is 0 Å². The van der Waals surface area contributed by atoms with Gasteiger partial charge in [-0.25, -0.2) is 4.39 Å². The monoisotopic (exact) mass is 292 g/mol. The van der Waals surface area contributed by atoms with Crippen LogP contribution in [0.4, 0.5) is 10.1 Å². The lowest BCUT2D eigenvalue weighted by atomic mass is 9.82. The van der Waals surface area contributed by atoms with Gasteiger partial charge >= 0.3 is 0 Å². The van der Waals surface area contributed by atoms with Crippen LogP contribution in [0.1, 0.15) is 37.3 Å². The maximum absolute atomic E-state index is 13.1. The highest BCUT2D eigenvalue weighted by atomic mass is 32.1. The first-order valence-corrected chi connectivity index (χ1v) is 7.56. The van der Waals surface area contributed by atoms with Gasteiger partial charge in [0.1, 0.15) is 5.82 Å². The van der Waals surface area contributed by atoms with Gasteiger partial charge in [0, 0.05) is 23.2 Å². The number of thiophene rings is 1. The SMILES string of the molecule is CC(C)(C)C(NCc1sccc1N)c1ccc(F)cc1.